The zero-order chi connectivity index (χ0) is 10.7. The zero-order valence-corrected chi connectivity index (χ0v) is 10.6. The highest BCUT2D eigenvalue weighted by Crippen LogP contribution is 2.33. The molecule has 0 heterocycles. The highest BCUT2D eigenvalue weighted by Gasteiger charge is 2.29. The largest absolute Gasteiger partial charge is 0.301 e. The molecule has 0 bridgehead atoms. The molecule has 0 rings (SSSR count). The molecule has 0 unspecified atom stereocenters. The van der Waals surface area contributed by atoms with Crippen molar-refractivity contribution in [1.82, 2.24) is 4.90 Å². The minimum Gasteiger partial charge on any atom is -0.301 e. The van der Waals surface area contributed by atoms with Crippen LogP contribution >= 0.6 is 0 Å². The van der Waals surface area contributed by atoms with Crippen molar-refractivity contribution >= 4 is 0 Å². The molecule has 1 nitrogen and oxygen atoms in total. The Bertz CT molecular complexity index is 147. The van der Waals surface area contributed by atoms with E-state index in [0.29, 0.717) is 11.0 Å². The van der Waals surface area contributed by atoms with E-state index in [1.165, 1.54) is 12.8 Å². The normalized spacial score (nSPS) is 13.8. The summed E-state index contributed by atoms with van der Waals surface area (Å²) in [5.74, 6) is 0. The molecular weight excluding hydrogens is 158 g/mol. The summed E-state index contributed by atoms with van der Waals surface area (Å²) in [5, 5.41) is 0. The van der Waals surface area contributed by atoms with Crippen LogP contribution in [0.2, 0.25) is 0 Å². The van der Waals surface area contributed by atoms with Crippen molar-refractivity contribution in [2.75, 3.05) is 13.6 Å². The second-order valence-corrected chi connectivity index (χ2v) is 5.52. The van der Waals surface area contributed by atoms with Crippen LogP contribution in [0.4, 0.5) is 0 Å². The van der Waals surface area contributed by atoms with Crippen LogP contribution < -0.4 is 0 Å². The van der Waals surface area contributed by atoms with E-state index in [2.05, 4.69) is 53.5 Å². The first kappa shape index (κ1) is 13.0. The van der Waals surface area contributed by atoms with Crippen LogP contribution in [0.1, 0.15) is 54.4 Å². The lowest BCUT2D eigenvalue weighted by atomic mass is 9.77. The van der Waals surface area contributed by atoms with E-state index >= 15 is 0 Å². The van der Waals surface area contributed by atoms with Gasteiger partial charge in [0.05, 0.1) is 0 Å². The van der Waals surface area contributed by atoms with Crippen molar-refractivity contribution in [3.8, 4) is 0 Å². The highest BCUT2D eigenvalue weighted by atomic mass is 15.2. The fraction of sp³-hybridized carbons (Fsp3) is 1.00. The van der Waals surface area contributed by atoms with Gasteiger partial charge in [-0.05, 0) is 39.3 Å². The Kier molecular flexibility index (Phi) is 4.44. The summed E-state index contributed by atoms with van der Waals surface area (Å²) in [6.45, 7) is 15.0. The molecule has 13 heavy (non-hydrogen) atoms. The van der Waals surface area contributed by atoms with Gasteiger partial charge in [-0.25, -0.2) is 0 Å². The van der Waals surface area contributed by atoms with Gasteiger partial charge < -0.3 is 4.90 Å². The van der Waals surface area contributed by atoms with Crippen LogP contribution in [-0.2, 0) is 0 Å². The van der Waals surface area contributed by atoms with Crippen LogP contribution in [0.3, 0.4) is 0 Å². The van der Waals surface area contributed by atoms with E-state index in [1.807, 2.05) is 0 Å². The van der Waals surface area contributed by atoms with E-state index in [-0.39, 0.29) is 0 Å². The molecule has 0 aliphatic rings. The fourth-order valence-corrected chi connectivity index (χ4v) is 1.86. The van der Waals surface area contributed by atoms with E-state index in [9.17, 15) is 0 Å². The van der Waals surface area contributed by atoms with Gasteiger partial charge in [0.15, 0.2) is 0 Å². The summed E-state index contributed by atoms with van der Waals surface area (Å²) in [6.07, 6.45) is 2.52. The molecule has 0 saturated carbocycles. The first-order valence-electron chi connectivity index (χ1n) is 5.46. The van der Waals surface area contributed by atoms with Gasteiger partial charge in [0, 0.05) is 5.54 Å². The number of hydrogen-bond donors (Lipinski definition) is 0. The summed E-state index contributed by atoms with van der Waals surface area (Å²) in [5.41, 5.74) is 0.793. The Hall–Kier alpha value is -0.0400. The molecule has 0 radical (unpaired) electrons. The lowest BCUT2D eigenvalue weighted by Gasteiger charge is -2.40. The van der Waals surface area contributed by atoms with E-state index < -0.39 is 0 Å². The maximum atomic E-state index is 2.43. The molecule has 0 saturated heterocycles. The molecule has 0 aromatic heterocycles. The van der Waals surface area contributed by atoms with Crippen LogP contribution in [0, 0.1) is 5.41 Å². The Morgan fingerprint density at radius 2 is 1.46 bits per heavy atom. The first-order valence-corrected chi connectivity index (χ1v) is 5.46. The Morgan fingerprint density at radius 1 is 1.00 bits per heavy atom. The van der Waals surface area contributed by atoms with Crippen molar-refractivity contribution in [3.63, 3.8) is 0 Å². The van der Waals surface area contributed by atoms with Gasteiger partial charge in [-0.1, -0.05) is 34.1 Å². The lowest BCUT2D eigenvalue weighted by molar-refractivity contribution is 0.0996. The van der Waals surface area contributed by atoms with E-state index in [0.717, 1.165) is 6.54 Å². The lowest BCUT2D eigenvalue weighted by Crippen LogP contribution is -2.44. The van der Waals surface area contributed by atoms with Crippen molar-refractivity contribution in [2.24, 2.45) is 5.41 Å². The molecule has 0 spiro atoms. The predicted molar refractivity (Wildman–Crippen MR) is 61.1 cm³/mol. The van der Waals surface area contributed by atoms with Crippen LogP contribution in [0.15, 0.2) is 0 Å². The average Bonchev–Trinajstić information content (AvgIpc) is 2.01. The number of hydrogen-bond acceptors (Lipinski definition) is 1. The summed E-state index contributed by atoms with van der Waals surface area (Å²) in [6, 6.07) is 0. The minimum absolute atomic E-state index is 0.328. The van der Waals surface area contributed by atoms with Gasteiger partial charge in [0.2, 0.25) is 0 Å². The fourth-order valence-electron chi connectivity index (χ4n) is 1.86. The third-order valence-electron chi connectivity index (χ3n) is 3.38. The van der Waals surface area contributed by atoms with Crippen LogP contribution in [-0.4, -0.2) is 24.0 Å². The van der Waals surface area contributed by atoms with Crippen LogP contribution in [0.25, 0.3) is 0 Å². The number of rotatable bonds is 5. The van der Waals surface area contributed by atoms with Crippen molar-refractivity contribution in [1.29, 1.82) is 0 Å². The van der Waals surface area contributed by atoms with Gasteiger partial charge >= 0.3 is 0 Å². The topological polar surface area (TPSA) is 3.24 Å². The van der Waals surface area contributed by atoms with Crippen molar-refractivity contribution < 1.29 is 0 Å². The van der Waals surface area contributed by atoms with Crippen molar-refractivity contribution in [3.05, 3.63) is 0 Å². The third kappa shape index (κ3) is 4.12. The average molecular weight is 185 g/mol. The standard InChI is InChI=1S/C12H27N/c1-8-11(3,4)10-12(5,6)13(7)9-2/h8-10H2,1-7H3. The molecule has 0 fully saturated rings. The first-order chi connectivity index (χ1) is 5.75. The Labute approximate surface area is 84.5 Å². The molecule has 80 valence electrons. The summed E-state index contributed by atoms with van der Waals surface area (Å²) >= 11 is 0. The zero-order valence-electron chi connectivity index (χ0n) is 10.6. The third-order valence-corrected chi connectivity index (χ3v) is 3.38. The van der Waals surface area contributed by atoms with E-state index in [4.69, 9.17) is 0 Å². The molecule has 1 heteroatoms. The highest BCUT2D eigenvalue weighted by molar-refractivity contribution is 4.85. The molecule has 0 aliphatic heterocycles. The minimum atomic E-state index is 0.328. The van der Waals surface area contributed by atoms with Crippen LogP contribution in [0.5, 0.6) is 0 Å². The molecule has 0 aliphatic carbocycles. The Balaban J connectivity index is 4.32. The van der Waals surface area contributed by atoms with Crippen molar-refractivity contribution in [2.45, 2.75) is 59.9 Å². The molecular formula is C12H27N. The SMILES string of the molecule is CCN(C)C(C)(C)CC(C)(C)CC. The summed E-state index contributed by atoms with van der Waals surface area (Å²) < 4.78 is 0. The van der Waals surface area contributed by atoms with Gasteiger partial charge in [0.1, 0.15) is 0 Å². The maximum absolute atomic E-state index is 2.43. The Morgan fingerprint density at radius 3 is 1.77 bits per heavy atom. The van der Waals surface area contributed by atoms with Gasteiger partial charge in [-0.15, -0.1) is 0 Å². The molecule has 0 aromatic rings. The smallest absolute Gasteiger partial charge is 0.0155 e. The van der Waals surface area contributed by atoms with E-state index in [1.54, 1.807) is 0 Å². The summed E-state index contributed by atoms with van der Waals surface area (Å²) in [4.78, 5) is 2.43. The molecule has 0 amide bonds. The van der Waals surface area contributed by atoms with Gasteiger partial charge in [-0.3, -0.25) is 0 Å². The van der Waals surface area contributed by atoms with Gasteiger partial charge in [0.25, 0.3) is 0 Å². The predicted octanol–water partition coefficient (Wildman–Crippen LogP) is 3.54. The molecule has 0 N–H and O–H groups in total. The molecule has 0 atom stereocenters. The maximum Gasteiger partial charge on any atom is 0.0155 e. The molecule has 0 aromatic carbocycles. The second kappa shape index (κ2) is 4.45. The second-order valence-electron chi connectivity index (χ2n) is 5.52. The summed E-state index contributed by atoms with van der Waals surface area (Å²) in [7, 11) is 2.21. The quantitative estimate of drug-likeness (QED) is 0.633. The van der Waals surface area contributed by atoms with Gasteiger partial charge in [-0.2, -0.15) is 0 Å². The monoisotopic (exact) mass is 185 g/mol. The number of nitrogens with zero attached hydrogens (tertiary/aromatic N) is 1.